The Hall–Kier alpha value is -3.31. The highest BCUT2D eigenvalue weighted by Crippen LogP contribution is 2.39. The number of hydrogen-bond donors (Lipinski definition) is 1. The lowest BCUT2D eigenvalue weighted by atomic mass is 10.2. The van der Waals surface area contributed by atoms with Crippen LogP contribution in [0.25, 0.3) is 6.08 Å². The lowest BCUT2D eigenvalue weighted by Crippen LogP contribution is -2.28. The Bertz CT molecular complexity index is 1210. The molecule has 1 saturated heterocycles. The number of aliphatic imine (C=N–C) groups is 1. The number of aliphatic carboxylic acids is 1. The molecular formula is C24H23BrN2O7S. The molecule has 1 aliphatic rings. The van der Waals surface area contributed by atoms with E-state index in [1.165, 1.54) is 18.9 Å². The second-order valence-corrected chi connectivity index (χ2v) is 8.91. The van der Waals surface area contributed by atoms with Crippen LogP contribution in [0, 0.1) is 0 Å². The molecule has 0 radical (unpaired) electrons. The molecule has 184 valence electrons. The van der Waals surface area contributed by atoms with Crippen molar-refractivity contribution in [1.29, 1.82) is 0 Å². The van der Waals surface area contributed by atoms with Gasteiger partial charge in [0.05, 0.1) is 34.3 Å². The molecule has 0 saturated carbocycles. The zero-order valence-electron chi connectivity index (χ0n) is 19.2. The summed E-state index contributed by atoms with van der Waals surface area (Å²) in [5.41, 5.74) is 1.54. The van der Waals surface area contributed by atoms with E-state index in [4.69, 9.17) is 19.3 Å². The van der Waals surface area contributed by atoms with Crippen molar-refractivity contribution in [2.45, 2.75) is 13.8 Å². The number of amides is 1. The van der Waals surface area contributed by atoms with Gasteiger partial charge in [-0.1, -0.05) is 6.07 Å². The zero-order chi connectivity index (χ0) is 25.5. The van der Waals surface area contributed by atoms with Crippen molar-refractivity contribution in [3.63, 3.8) is 0 Å². The Morgan fingerprint density at radius 2 is 1.97 bits per heavy atom. The minimum atomic E-state index is -1.11. The summed E-state index contributed by atoms with van der Waals surface area (Å²) in [6.45, 7) is 3.88. The van der Waals surface area contributed by atoms with E-state index >= 15 is 0 Å². The summed E-state index contributed by atoms with van der Waals surface area (Å²) >= 11 is 4.61. The van der Waals surface area contributed by atoms with Crippen LogP contribution in [0.4, 0.5) is 5.69 Å². The van der Waals surface area contributed by atoms with Gasteiger partial charge in [-0.3, -0.25) is 9.69 Å². The second-order valence-electron chi connectivity index (χ2n) is 7.04. The summed E-state index contributed by atoms with van der Waals surface area (Å²) in [6.07, 6.45) is 1.71. The Morgan fingerprint density at radius 1 is 1.20 bits per heavy atom. The average molecular weight is 563 g/mol. The Balaban J connectivity index is 1.94. The first-order valence-electron chi connectivity index (χ1n) is 10.6. The van der Waals surface area contributed by atoms with E-state index in [0.29, 0.717) is 50.3 Å². The number of thioether (sulfide) groups is 1. The monoisotopic (exact) mass is 562 g/mol. The molecule has 9 nitrogen and oxygen atoms in total. The van der Waals surface area contributed by atoms with Crippen LogP contribution in [0.5, 0.6) is 11.5 Å². The van der Waals surface area contributed by atoms with Crippen LogP contribution in [0.15, 0.2) is 50.8 Å². The maximum absolute atomic E-state index is 13.1. The van der Waals surface area contributed by atoms with Crippen molar-refractivity contribution >= 4 is 62.5 Å². The molecule has 3 rings (SSSR count). The molecular weight excluding hydrogens is 540 g/mol. The van der Waals surface area contributed by atoms with Gasteiger partial charge in [-0.05, 0) is 83.5 Å². The number of amidine groups is 1. The normalized spacial score (nSPS) is 15.5. The van der Waals surface area contributed by atoms with Gasteiger partial charge in [0.1, 0.15) is 0 Å². The van der Waals surface area contributed by atoms with Crippen molar-refractivity contribution in [2.24, 2.45) is 4.99 Å². The van der Waals surface area contributed by atoms with E-state index in [2.05, 4.69) is 20.9 Å². The van der Waals surface area contributed by atoms with Gasteiger partial charge < -0.3 is 19.3 Å². The summed E-state index contributed by atoms with van der Waals surface area (Å²) in [6, 6.07) is 10.1. The average Bonchev–Trinajstić information content (AvgIpc) is 3.11. The van der Waals surface area contributed by atoms with E-state index in [0.717, 1.165) is 0 Å². The van der Waals surface area contributed by atoms with Crippen molar-refractivity contribution in [3.8, 4) is 11.5 Å². The van der Waals surface area contributed by atoms with Gasteiger partial charge >= 0.3 is 11.9 Å². The van der Waals surface area contributed by atoms with Gasteiger partial charge in [-0.2, -0.15) is 0 Å². The molecule has 1 amide bonds. The fourth-order valence-electron chi connectivity index (χ4n) is 3.16. The Kier molecular flexibility index (Phi) is 8.94. The molecule has 1 N–H and O–H groups in total. The van der Waals surface area contributed by atoms with Crippen molar-refractivity contribution in [1.82, 2.24) is 4.90 Å². The predicted octanol–water partition coefficient (Wildman–Crippen LogP) is 4.72. The Morgan fingerprint density at radius 3 is 2.63 bits per heavy atom. The number of carbonyl (C=O) groups is 3. The summed E-state index contributed by atoms with van der Waals surface area (Å²) in [5.74, 6) is -1.17. The third-order valence-corrected chi connectivity index (χ3v) is 6.26. The smallest absolute Gasteiger partial charge is 0.341 e. The van der Waals surface area contributed by atoms with Crippen LogP contribution in [0.2, 0.25) is 0 Å². The highest BCUT2D eigenvalue weighted by Gasteiger charge is 2.32. The summed E-state index contributed by atoms with van der Waals surface area (Å²) < 4.78 is 16.2. The lowest BCUT2D eigenvalue weighted by Gasteiger charge is -2.14. The number of carbonyl (C=O) groups excluding carboxylic acids is 2. The molecule has 0 aromatic heterocycles. The summed E-state index contributed by atoms with van der Waals surface area (Å²) in [5, 5.41) is 9.41. The van der Waals surface area contributed by atoms with Gasteiger partial charge in [-0.15, -0.1) is 0 Å². The third kappa shape index (κ3) is 6.43. The SMILES string of the molecule is CCOc1cc(C=C2SC(=Nc3cccc(C(=O)OC)c3)N(CC)C2=O)cc(Br)c1OCC(=O)O. The van der Waals surface area contributed by atoms with Gasteiger partial charge in [-0.25, -0.2) is 14.6 Å². The molecule has 0 aliphatic carbocycles. The van der Waals surface area contributed by atoms with E-state index < -0.39 is 18.5 Å². The summed E-state index contributed by atoms with van der Waals surface area (Å²) in [7, 11) is 1.31. The van der Waals surface area contributed by atoms with E-state index in [1.807, 2.05) is 6.92 Å². The number of halogens is 1. The van der Waals surface area contributed by atoms with E-state index in [9.17, 15) is 14.4 Å². The van der Waals surface area contributed by atoms with Crippen LogP contribution >= 0.6 is 27.7 Å². The number of esters is 1. The van der Waals surface area contributed by atoms with Crippen LogP contribution < -0.4 is 9.47 Å². The van der Waals surface area contributed by atoms with Crippen molar-refractivity contribution < 1.29 is 33.7 Å². The zero-order valence-corrected chi connectivity index (χ0v) is 21.6. The minimum Gasteiger partial charge on any atom is -0.490 e. The molecule has 1 aliphatic heterocycles. The quantitative estimate of drug-likeness (QED) is 0.344. The molecule has 0 bridgehead atoms. The predicted molar refractivity (Wildman–Crippen MR) is 136 cm³/mol. The number of methoxy groups -OCH3 is 1. The number of carboxylic acids is 1. The van der Waals surface area contributed by atoms with Crippen LogP contribution in [0.1, 0.15) is 29.8 Å². The lowest BCUT2D eigenvalue weighted by molar-refractivity contribution is -0.139. The van der Waals surface area contributed by atoms with Gasteiger partial charge in [0.25, 0.3) is 5.91 Å². The Labute approximate surface area is 214 Å². The summed E-state index contributed by atoms with van der Waals surface area (Å²) in [4.78, 5) is 42.4. The molecule has 0 spiro atoms. The number of benzene rings is 2. The number of rotatable bonds is 9. The van der Waals surface area contributed by atoms with Crippen molar-refractivity contribution in [2.75, 3.05) is 26.9 Å². The van der Waals surface area contributed by atoms with Crippen LogP contribution in [-0.2, 0) is 14.3 Å². The molecule has 2 aromatic carbocycles. The topological polar surface area (TPSA) is 115 Å². The van der Waals surface area contributed by atoms with Gasteiger partial charge in [0.15, 0.2) is 23.3 Å². The fraction of sp³-hybridized carbons (Fsp3) is 0.250. The molecule has 1 heterocycles. The van der Waals surface area contributed by atoms with Crippen LogP contribution in [0.3, 0.4) is 0 Å². The number of ether oxygens (including phenoxy) is 3. The third-order valence-electron chi connectivity index (χ3n) is 4.67. The molecule has 2 aromatic rings. The molecule has 35 heavy (non-hydrogen) atoms. The number of likely N-dealkylation sites (N-methyl/N-ethyl adjacent to an activating group) is 1. The van der Waals surface area contributed by atoms with E-state index in [-0.39, 0.29) is 11.7 Å². The second kappa shape index (κ2) is 11.9. The molecule has 0 atom stereocenters. The highest BCUT2D eigenvalue weighted by atomic mass is 79.9. The molecule has 1 fully saturated rings. The first-order valence-corrected chi connectivity index (χ1v) is 12.2. The maximum Gasteiger partial charge on any atom is 0.341 e. The van der Waals surface area contributed by atoms with Crippen molar-refractivity contribution in [3.05, 3.63) is 56.9 Å². The largest absolute Gasteiger partial charge is 0.490 e. The van der Waals surface area contributed by atoms with Gasteiger partial charge in [0, 0.05) is 6.54 Å². The fourth-order valence-corrected chi connectivity index (χ4v) is 4.80. The van der Waals surface area contributed by atoms with Crippen LogP contribution in [-0.4, -0.2) is 59.9 Å². The molecule has 11 heteroatoms. The number of nitrogens with zero attached hydrogens (tertiary/aromatic N) is 2. The minimum absolute atomic E-state index is 0.208. The van der Waals surface area contributed by atoms with Gasteiger partial charge in [0.2, 0.25) is 0 Å². The maximum atomic E-state index is 13.1. The number of carboxylic acid groups (broad SMARTS) is 1. The number of hydrogen-bond acceptors (Lipinski definition) is 8. The standard InChI is InChI=1S/C24H23BrN2O7S/c1-4-27-22(30)19(35-24(27)26-16-8-6-7-15(12-16)23(31)32-3)11-14-9-17(25)21(34-13-20(28)29)18(10-14)33-5-2/h6-12H,4-5,13H2,1-3H3,(H,28,29). The first kappa shape index (κ1) is 26.3. The van der Waals surface area contributed by atoms with E-state index in [1.54, 1.807) is 54.3 Å². The highest BCUT2D eigenvalue weighted by molar-refractivity contribution is 9.10. The first-order chi connectivity index (χ1) is 16.8. The molecule has 0 unspecified atom stereocenters.